The predicted octanol–water partition coefficient (Wildman–Crippen LogP) is -0.488. The molecule has 13 heavy (non-hydrogen) atoms. The summed E-state index contributed by atoms with van der Waals surface area (Å²) in [5.74, 6) is 0.125. The summed E-state index contributed by atoms with van der Waals surface area (Å²) >= 11 is 0. The third kappa shape index (κ3) is 2.02. The molecule has 0 spiro atoms. The standard InChI is InChI=1S/C9H18O4/c1-4(2)9-8(12)7(11)6(10)5(3)13-9/h4-12H,1-3H3/t5-,6+,7?,8?,9-/m0/s1. The highest BCUT2D eigenvalue weighted by Crippen LogP contribution is 2.25. The highest BCUT2D eigenvalue weighted by Gasteiger charge is 2.42. The first kappa shape index (κ1) is 10.9. The van der Waals surface area contributed by atoms with Crippen LogP contribution in [0.3, 0.4) is 0 Å². The van der Waals surface area contributed by atoms with Gasteiger partial charge in [-0.15, -0.1) is 0 Å². The predicted molar refractivity (Wildman–Crippen MR) is 47.2 cm³/mol. The number of hydrogen-bond donors (Lipinski definition) is 3. The number of aliphatic hydroxyl groups excluding tert-OH is 3. The zero-order chi connectivity index (χ0) is 10.2. The molecule has 1 heterocycles. The Hall–Kier alpha value is -0.160. The molecule has 1 fully saturated rings. The molecule has 78 valence electrons. The lowest BCUT2D eigenvalue weighted by molar-refractivity contribution is -0.226. The molecule has 1 aliphatic rings. The summed E-state index contributed by atoms with van der Waals surface area (Å²) in [6, 6.07) is 0. The Morgan fingerprint density at radius 2 is 1.54 bits per heavy atom. The molecule has 5 atom stereocenters. The second-order valence-corrected chi connectivity index (χ2v) is 4.02. The fourth-order valence-electron chi connectivity index (χ4n) is 1.63. The smallest absolute Gasteiger partial charge is 0.111 e. The fourth-order valence-corrected chi connectivity index (χ4v) is 1.63. The Kier molecular flexibility index (Phi) is 3.29. The van der Waals surface area contributed by atoms with Crippen LogP contribution >= 0.6 is 0 Å². The van der Waals surface area contributed by atoms with E-state index in [0.717, 1.165) is 0 Å². The topological polar surface area (TPSA) is 69.9 Å². The first-order valence-electron chi connectivity index (χ1n) is 4.64. The zero-order valence-corrected chi connectivity index (χ0v) is 8.21. The van der Waals surface area contributed by atoms with Crippen molar-refractivity contribution in [2.24, 2.45) is 5.92 Å². The van der Waals surface area contributed by atoms with Crippen LogP contribution in [0.15, 0.2) is 0 Å². The van der Waals surface area contributed by atoms with Gasteiger partial charge in [0, 0.05) is 0 Å². The third-order valence-corrected chi connectivity index (χ3v) is 2.55. The van der Waals surface area contributed by atoms with E-state index in [1.165, 1.54) is 0 Å². The summed E-state index contributed by atoms with van der Waals surface area (Å²) in [5, 5.41) is 28.4. The van der Waals surface area contributed by atoms with E-state index < -0.39 is 30.5 Å². The molecule has 1 saturated heterocycles. The SMILES string of the molecule is CC(C)[C@@H]1O[C@@H](C)[C@@H](O)C(O)C1O. The fraction of sp³-hybridized carbons (Fsp3) is 1.00. The minimum atomic E-state index is -1.10. The summed E-state index contributed by atoms with van der Waals surface area (Å²) in [6.45, 7) is 5.51. The van der Waals surface area contributed by atoms with Gasteiger partial charge in [0.25, 0.3) is 0 Å². The van der Waals surface area contributed by atoms with Gasteiger partial charge >= 0.3 is 0 Å². The van der Waals surface area contributed by atoms with E-state index in [-0.39, 0.29) is 5.92 Å². The van der Waals surface area contributed by atoms with Gasteiger partial charge in [0.15, 0.2) is 0 Å². The first-order chi connectivity index (χ1) is 5.95. The van der Waals surface area contributed by atoms with Crippen LogP contribution in [-0.4, -0.2) is 45.8 Å². The molecule has 0 saturated carbocycles. The van der Waals surface area contributed by atoms with Crippen molar-refractivity contribution in [2.75, 3.05) is 0 Å². The minimum Gasteiger partial charge on any atom is -0.388 e. The molecule has 0 aromatic heterocycles. The molecule has 1 aliphatic heterocycles. The molecule has 0 aromatic carbocycles. The van der Waals surface area contributed by atoms with Gasteiger partial charge in [-0.1, -0.05) is 13.8 Å². The van der Waals surface area contributed by atoms with Crippen LogP contribution < -0.4 is 0 Å². The maximum absolute atomic E-state index is 9.56. The van der Waals surface area contributed by atoms with Gasteiger partial charge < -0.3 is 20.1 Å². The molecular formula is C9H18O4. The van der Waals surface area contributed by atoms with Crippen molar-refractivity contribution in [1.82, 2.24) is 0 Å². The van der Waals surface area contributed by atoms with Crippen LogP contribution in [0.5, 0.6) is 0 Å². The van der Waals surface area contributed by atoms with Gasteiger partial charge in [0.05, 0.1) is 12.2 Å². The molecule has 4 nitrogen and oxygen atoms in total. The zero-order valence-electron chi connectivity index (χ0n) is 8.21. The summed E-state index contributed by atoms with van der Waals surface area (Å²) in [5.41, 5.74) is 0. The Bertz CT molecular complexity index is 171. The first-order valence-corrected chi connectivity index (χ1v) is 4.64. The quantitative estimate of drug-likeness (QED) is 0.522. The summed E-state index contributed by atoms with van der Waals surface area (Å²) in [7, 11) is 0. The monoisotopic (exact) mass is 190 g/mol. The highest BCUT2D eigenvalue weighted by atomic mass is 16.5. The summed E-state index contributed by atoms with van der Waals surface area (Å²) in [6.07, 6.45) is -3.91. The minimum absolute atomic E-state index is 0.125. The average molecular weight is 190 g/mol. The van der Waals surface area contributed by atoms with Crippen molar-refractivity contribution >= 4 is 0 Å². The van der Waals surface area contributed by atoms with Crippen LogP contribution in [0.25, 0.3) is 0 Å². The van der Waals surface area contributed by atoms with E-state index in [9.17, 15) is 15.3 Å². The van der Waals surface area contributed by atoms with Gasteiger partial charge in [-0.3, -0.25) is 0 Å². The summed E-state index contributed by atoms with van der Waals surface area (Å²) < 4.78 is 5.38. The van der Waals surface area contributed by atoms with Crippen molar-refractivity contribution in [1.29, 1.82) is 0 Å². The maximum Gasteiger partial charge on any atom is 0.111 e. The second kappa shape index (κ2) is 3.92. The molecular weight excluding hydrogens is 172 g/mol. The lowest BCUT2D eigenvalue weighted by atomic mass is 9.90. The molecule has 1 rings (SSSR count). The van der Waals surface area contributed by atoms with E-state index in [4.69, 9.17) is 4.74 Å². The van der Waals surface area contributed by atoms with Gasteiger partial charge in [-0.2, -0.15) is 0 Å². The van der Waals surface area contributed by atoms with Crippen molar-refractivity contribution < 1.29 is 20.1 Å². The average Bonchev–Trinajstić information content (AvgIpc) is 2.07. The van der Waals surface area contributed by atoms with E-state index in [1.807, 2.05) is 13.8 Å². The van der Waals surface area contributed by atoms with Gasteiger partial charge in [-0.25, -0.2) is 0 Å². The lowest BCUT2D eigenvalue weighted by Crippen LogP contribution is -2.57. The number of hydrogen-bond acceptors (Lipinski definition) is 4. The van der Waals surface area contributed by atoms with Crippen molar-refractivity contribution in [3.63, 3.8) is 0 Å². The van der Waals surface area contributed by atoms with Gasteiger partial charge in [-0.05, 0) is 12.8 Å². The molecule has 0 aromatic rings. The Balaban J connectivity index is 2.70. The maximum atomic E-state index is 9.56. The number of ether oxygens (including phenoxy) is 1. The van der Waals surface area contributed by atoms with Gasteiger partial charge in [0.1, 0.15) is 18.3 Å². The molecule has 0 aliphatic carbocycles. The number of rotatable bonds is 1. The Morgan fingerprint density at radius 1 is 1.00 bits per heavy atom. The second-order valence-electron chi connectivity index (χ2n) is 4.02. The van der Waals surface area contributed by atoms with Crippen LogP contribution in [0.2, 0.25) is 0 Å². The van der Waals surface area contributed by atoms with Crippen LogP contribution in [0.1, 0.15) is 20.8 Å². The molecule has 0 amide bonds. The van der Waals surface area contributed by atoms with Crippen molar-refractivity contribution in [2.45, 2.75) is 51.3 Å². The number of aliphatic hydroxyl groups is 3. The van der Waals surface area contributed by atoms with Crippen LogP contribution in [-0.2, 0) is 4.74 Å². The normalized spacial score (nSPS) is 46.8. The molecule has 0 bridgehead atoms. The molecule has 2 unspecified atom stereocenters. The van der Waals surface area contributed by atoms with E-state index in [0.29, 0.717) is 0 Å². The molecule has 3 N–H and O–H groups in total. The van der Waals surface area contributed by atoms with Crippen LogP contribution in [0, 0.1) is 5.92 Å². The molecule has 0 radical (unpaired) electrons. The van der Waals surface area contributed by atoms with Gasteiger partial charge in [0.2, 0.25) is 0 Å². The largest absolute Gasteiger partial charge is 0.388 e. The highest BCUT2D eigenvalue weighted by molar-refractivity contribution is 4.91. The Morgan fingerprint density at radius 3 is 2.00 bits per heavy atom. The van der Waals surface area contributed by atoms with Crippen molar-refractivity contribution in [3.05, 3.63) is 0 Å². The van der Waals surface area contributed by atoms with E-state index >= 15 is 0 Å². The van der Waals surface area contributed by atoms with Crippen LogP contribution in [0.4, 0.5) is 0 Å². The summed E-state index contributed by atoms with van der Waals surface area (Å²) in [4.78, 5) is 0. The van der Waals surface area contributed by atoms with E-state index in [2.05, 4.69) is 0 Å². The lowest BCUT2D eigenvalue weighted by Gasteiger charge is -2.41. The molecule has 4 heteroatoms. The van der Waals surface area contributed by atoms with E-state index in [1.54, 1.807) is 6.92 Å². The van der Waals surface area contributed by atoms with Crippen molar-refractivity contribution in [3.8, 4) is 0 Å². The third-order valence-electron chi connectivity index (χ3n) is 2.55. The Labute approximate surface area is 78.1 Å².